The highest BCUT2D eigenvalue weighted by Gasteiger charge is 2.18. The average Bonchev–Trinajstić information content (AvgIpc) is 2.92. The molecule has 0 spiro atoms. The molecule has 1 heterocycles. The molecule has 0 bridgehead atoms. The zero-order valence-corrected chi connectivity index (χ0v) is 17.2. The molecule has 0 radical (unpaired) electrons. The lowest BCUT2D eigenvalue weighted by Gasteiger charge is -2.14. The number of fused-ring (bicyclic) bond motifs is 2. The van der Waals surface area contributed by atoms with Gasteiger partial charge in [0.05, 0.1) is 0 Å². The van der Waals surface area contributed by atoms with Gasteiger partial charge in [-0.15, -0.1) is 0 Å². The lowest BCUT2D eigenvalue weighted by molar-refractivity contribution is 0.107. The minimum absolute atomic E-state index is 0.256. The van der Waals surface area contributed by atoms with Gasteiger partial charge < -0.3 is 19.9 Å². The van der Waals surface area contributed by atoms with Gasteiger partial charge in [0, 0.05) is 18.7 Å². The van der Waals surface area contributed by atoms with E-state index in [1.807, 2.05) is 55.5 Å². The number of hydrogen-bond acceptors (Lipinski definition) is 4. The van der Waals surface area contributed by atoms with Crippen molar-refractivity contribution in [2.75, 3.05) is 19.7 Å². The fourth-order valence-electron chi connectivity index (χ4n) is 3.63. The van der Waals surface area contributed by atoms with E-state index in [4.69, 9.17) is 9.47 Å². The van der Waals surface area contributed by atoms with Crippen LogP contribution in [0, 0.1) is 6.92 Å². The molecule has 30 heavy (non-hydrogen) atoms. The van der Waals surface area contributed by atoms with Crippen LogP contribution in [0.2, 0.25) is 0 Å². The first-order valence-corrected chi connectivity index (χ1v) is 10.3. The summed E-state index contributed by atoms with van der Waals surface area (Å²) in [6.07, 6.45) is 1.58. The van der Waals surface area contributed by atoms with Crippen LogP contribution in [0.4, 0.5) is 0 Å². The second-order valence-electron chi connectivity index (χ2n) is 7.50. The summed E-state index contributed by atoms with van der Waals surface area (Å²) in [5.74, 6) is 1.68. The maximum atomic E-state index is 10.2. The van der Waals surface area contributed by atoms with Gasteiger partial charge in [-0.3, -0.25) is 0 Å². The summed E-state index contributed by atoms with van der Waals surface area (Å²) in [5.41, 5.74) is 5.74. The van der Waals surface area contributed by atoms with Crippen molar-refractivity contribution in [1.82, 2.24) is 5.32 Å². The van der Waals surface area contributed by atoms with E-state index in [-0.39, 0.29) is 6.61 Å². The van der Waals surface area contributed by atoms with E-state index < -0.39 is 6.10 Å². The molecule has 4 heteroatoms. The third-order valence-electron chi connectivity index (χ3n) is 5.13. The predicted octanol–water partition coefficient (Wildman–Crippen LogP) is 4.35. The van der Waals surface area contributed by atoms with Gasteiger partial charge in [0.25, 0.3) is 0 Å². The van der Waals surface area contributed by atoms with Crippen molar-refractivity contribution in [1.29, 1.82) is 0 Å². The third kappa shape index (κ3) is 4.90. The van der Waals surface area contributed by atoms with Gasteiger partial charge in [0.1, 0.15) is 30.8 Å². The van der Waals surface area contributed by atoms with Crippen molar-refractivity contribution < 1.29 is 14.6 Å². The Kier molecular flexibility index (Phi) is 6.47. The fourth-order valence-corrected chi connectivity index (χ4v) is 3.63. The van der Waals surface area contributed by atoms with E-state index >= 15 is 0 Å². The van der Waals surface area contributed by atoms with Gasteiger partial charge >= 0.3 is 0 Å². The zero-order valence-electron chi connectivity index (χ0n) is 17.2. The van der Waals surface area contributed by atoms with Crippen LogP contribution in [0.25, 0.3) is 5.57 Å². The first-order chi connectivity index (χ1) is 14.7. The lowest BCUT2D eigenvalue weighted by atomic mass is 9.94. The molecule has 1 aliphatic rings. The number of benzene rings is 3. The Labute approximate surface area is 177 Å². The summed E-state index contributed by atoms with van der Waals surface area (Å²) >= 11 is 0. The van der Waals surface area contributed by atoms with Crippen LogP contribution in [0.1, 0.15) is 22.3 Å². The van der Waals surface area contributed by atoms with E-state index in [1.165, 1.54) is 11.1 Å². The Morgan fingerprint density at radius 1 is 1.03 bits per heavy atom. The Morgan fingerprint density at radius 2 is 1.83 bits per heavy atom. The number of aryl methyl sites for hydroxylation is 1. The number of nitrogens with one attached hydrogen (secondary N) is 1. The number of aliphatic hydroxyl groups excluding tert-OH is 1. The first-order valence-electron chi connectivity index (χ1n) is 10.3. The van der Waals surface area contributed by atoms with Crippen molar-refractivity contribution in [3.63, 3.8) is 0 Å². The third-order valence-corrected chi connectivity index (χ3v) is 5.13. The van der Waals surface area contributed by atoms with E-state index in [1.54, 1.807) is 0 Å². The molecule has 154 valence electrons. The van der Waals surface area contributed by atoms with E-state index in [0.29, 0.717) is 19.7 Å². The SMILES string of the molecule is Cc1cccc(OCC(O)CNCC=C2c3ccccc3COc3ccccc32)c1. The summed E-state index contributed by atoms with van der Waals surface area (Å²) in [7, 11) is 0. The maximum absolute atomic E-state index is 10.2. The number of aliphatic hydroxyl groups is 1. The molecule has 3 aromatic carbocycles. The monoisotopic (exact) mass is 401 g/mol. The molecule has 0 saturated heterocycles. The molecule has 2 N–H and O–H groups in total. The van der Waals surface area contributed by atoms with Crippen LogP contribution < -0.4 is 14.8 Å². The number of hydrogen-bond donors (Lipinski definition) is 2. The molecule has 0 saturated carbocycles. The van der Waals surface area contributed by atoms with Crippen LogP contribution >= 0.6 is 0 Å². The van der Waals surface area contributed by atoms with E-state index in [2.05, 4.69) is 35.7 Å². The van der Waals surface area contributed by atoms with Crippen molar-refractivity contribution in [2.24, 2.45) is 0 Å². The molecule has 0 aliphatic carbocycles. The summed E-state index contributed by atoms with van der Waals surface area (Å²) in [5, 5.41) is 13.6. The van der Waals surface area contributed by atoms with Crippen LogP contribution in [-0.4, -0.2) is 30.9 Å². The minimum Gasteiger partial charge on any atom is -0.491 e. The van der Waals surface area contributed by atoms with Gasteiger partial charge in [-0.2, -0.15) is 0 Å². The van der Waals surface area contributed by atoms with Crippen molar-refractivity contribution in [3.8, 4) is 11.5 Å². The molecule has 0 fully saturated rings. The molecule has 0 amide bonds. The van der Waals surface area contributed by atoms with Gasteiger partial charge in [0.2, 0.25) is 0 Å². The quantitative estimate of drug-likeness (QED) is 0.578. The Morgan fingerprint density at radius 3 is 2.70 bits per heavy atom. The highest BCUT2D eigenvalue weighted by molar-refractivity contribution is 5.85. The molecule has 3 aromatic rings. The van der Waals surface area contributed by atoms with Crippen LogP contribution in [0.5, 0.6) is 11.5 Å². The number of para-hydroxylation sites is 1. The molecular weight excluding hydrogens is 374 g/mol. The number of ether oxygens (including phenoxy) is 2. The average molecular weight is 402 g/mol. The Balaban J connectivity index is 1.39. The Hall–Kier alpha value is -3.08. The summed E-state index contributed by atoms with van der Waals surface area (Å²) in [6.45, 7) is 3.93. The molecule has 4 rings (SSSR count). The molecule has 4 nitrogen and oxygen atoms in total. The highest BCUT2D eigenvalue weighted by Crippen LogP contribution is 2.36. The number of rotatable bonds is 7. The minimum atomic E-state index is -0.582. The predicted molar refractivity (Wildman–Crippen MR) is 120 cm³/mol. The van der Waals surface area contributed by atoms with Crippen LogP contribution in [0.3, 0.4) is 0 Å². The molecule has 1 aliphatic heterocycles. The van der Waals surface area contributed by atoms with Crippen LogP contribution in [0.15, 0.2) is 78.9 Å². The standard InChI is InChI=1S/C26H27NO3/c1-19-7-6-9-22(15-19)29-18-21(28)16-27-14-13-24-23-10-3-2-8-20(23)17-30-26-12-5-4-11-25(24)26/h2-13,15,21,27-28H,14,16-18H2,1H3. The van der Waals surface area contributed by atoms with Crippen molar-refractivity contribution in [2.45, 2.75) is 19.6 Å². The second-order valence-corrected chi connectivity index (χ2v) is 7.50. The Bertz CT molecular complexity index is 979. The maximum Gasteiger partial charge on any atom is 0.127 e. The first kappa shape index (κ1) is 20.2. The summed E-state index contributed by atoms with van der Waals surface area (Å²) in [6, 6.07) is 24.3. The van der Waals surface area contributed by atoms with Gasteiger partial charge in [-0.1, -0.05) is 60.7 Å². The summed E-state index contributed by atoms with van der Waals surface area (Å²) in [4.78, 5) is 0. The van der Waals surface area contributed by atoms with E-state index in [0.717, 1.165) is 28.2 Å². The smallest absolute Gasteiger partial charge is 0.127 e. The lowest BCUT2D eigenvalue weighted by Crippen LogP contribution is -2.31. The van der Waals surface area contributed by atoms with Crippen molar-refractivity contribution in [3.05, 3.63) is 101 Å². The van der Waals surface area contributed by atoms with Gasteiger partial charge in [-0.05, 0) is 47.4 Å². The molecule has 1 atom stereocenters. The molecular formula is C26H27NO3. The summed E-state index contributed by atoms with van der Waals surface area (Å²) < 4.78 is 11.7. The fraction of sp³-hybridized carbons (Fsp3) is 0.231. The zero-order chi connectivity index (χ0) is 20.8. The highest BCUT2D eigenvalue weighted by atomic mass is 16.5. The molecule has 1 unspecified atom stereocenters. The normalized spacial score (nSPS) is 14.9. The topological polar surface area (TPSA) is 50.7 Å². The van der Waals surface area contributed by atoms with Crippen LogP contribution in [-0.2, 0) is 6.61 Å². The molecule has 0 aromatic heterocycles. The van der Waals surface area contributed by atoms with Gasteiger partial charge in [-0.25, -0.2) is 0 Å². The van der Waals surface area contributed by atoms with Crippen molar-refractivity contribution >= 4 is 5.57 Å². The largest absolute Gasteiger partial charge is 0.491 e. The second kappa shape index (κ2) is 9.61. The van der Waals surface area contributed by atoms with E-state index in [9.17, 15) is 5.11 Å². The van der Waals surface area contributed by atoms with Gasteiger partial charge in [0.15, 0.2) is 0 Å².